The van der Waals surface area contributed by atoms with Gasteiger partial charge in [-0.2, -0.15) is 0 Å². The number of fused-ring (bicyclic) bond motifs is 2. The van der Waals surface area contributed by atoms with E-state index in [-0.39, 0.29) is 15.1 Å². The molecule has 0 aromatic heterocycles. The maximum atomic E-state index is 4.85. The van der Waals surface area contributed by atoms with Crippen molar-refractivity contribution < 1.29 is 15.1 Å². The van der Waals surface area contributed by atoms with Gasteiger partial charge in [0.1, 0.15) is 0 Å². The molecule has 67 heavy (non-hydrogen) atoms. The first-order valence-electron chi connectivity index (χ1n) is 23.0. The van der Waals surface area contributed by atoms with E-state index >= 15 is 0 Å². The molecule has 0 aliphatic carbocycles. The van der Waals surface area contributed by atoms with Gasteiger partial charge in [0.25, 0.3) is 0 Å². The third-order valence-corrected chi connectivity index (χ3v) is 17.0. The Hall–Kier alpha value is -4.44. The van der Waals surface area contributed by atoms with Gasteiger partial charge in [-0.15, -0.1) is 0 Å². The monoisotopic (exact) mass is 1040 g/mol. The number of benzene rings is 9. The van der Waals surface area contributed by atoms with E-state index < -0.39 is 15.8 Å². The molecule has 0 radical (unpaired) electrons. The van der Waals surface area contributed by atoms with E-state index in [0.29, 0.717) is 5.92 Å². The predicted molar refractivity (Wildman–Crippen MR) is 299 cm³/mol. The van der Waals surface area contributed by atoms with Crippen molar-refractivity contribution in [1.82, 2.24) is 0 Å². The van der Waals surface area contributed by atoms with Gasteiger partial charge < -0.3 is 0 Å². The van der Waals surface area contributed by atoms with Crippen LogP contribution in [0, 0.1) is 62.3 Å². The van der Waals surface area contributed by atoms with E-state index in [0.717, 1.165) is 0 Å². The SMILES string of the molecule is Cc1cc(C)cc(P(c2cc(C)cc(C)c2)c2ccc3ccccc3c2-c2c(P(c3cc(C)cc(C)c3)c3cc(C)cc(C)c3)ccc3ccccc23)c1.Cc1ccc(C(C)C)cc1.[Cl][Ru][Cl]. The summed E-state index contributed by atoms with van der Waals surface area (Å²) in [4.78, 5) is 0. The summed E-state index contributed by atoms with van der Waals surface area (Å²) >= 11 is -0.346. The van der Waals surface area contributed by atoms with Crippen molar-refractivity contribution in [3.8, 4) is 11.1 Å². The third-order valence-electron chi connectivity index (χ3n) is 12.1. The zero-order chi connectivity index (χ0) is 47.9. The molecule has 0 nitrogen and oxygen atoms in total. The van der Waals surface area contributed by atoms with Gasteiger partial charge in [-0.25, -0.2) is 0 Å². The van der Waals surface area contributed by atoms with Crippen LogP contribution in [0.3, 0.4) is 0 Å². The van der Waals surface area contributed by atoms with Crippen LogP contribution in [-0.4, -0.2) is 0 Å². The second kappa shape index (κ2) is 22.8. The average molecular weight is 1040 g/mol. The van der Waals surface area contributed by atoms with E-state index in [2.05, 4.69) is 246 Å². The van der Waals surface area contributed by atoms with Crippen LogP contribution in [0.2, 0.25) is 0 Å². The fourth-order valence-corrected chi connectivity index (χ4v) is 15.3. The summed E-state index contributed by atoms with van der Waals surface area (Å²) in [6.45, 7) is 24.5. The molecule has 9 aromatic rings. The quantitative estimate of drug-likeness (QED) is 0.105. The second-order valence-corrected chi connectivity index (χ2v) is 25.5. The van der Waals surface area contributed by atoms with Crippen molar-refractivity contribution in [3.05, 3.63) is 225 Å². The normalized spacial score (nSPS) is 11.3. The first kappa shape index (κ1) is 50.4. The van der Waals surface area contributed by atoms with E-state index in [1.165, 1.54) is 120 Å². The van der Waals surface area contributed by atoms with Gasteiger partial charge in [-0.3, -0.25) is 0 Å². The Morgan fingerprint density at radius 3 is 0.910 bits per heavy atom. The number of hydrogen-bond donors (Lipinski definition) is 0. The molecular weight excluding hydrogens is 979 g/mol. The summed E-state index contributed by atoms with van der Waals surface area (Å²) in [5.74, 6) is 0.653. The van der Waals surface area contributed by atoms with Crippen molar-refractivity contribution in [2.24, 2.45) is 0 Å². The molecule has 0 fully saturated rings. The molecule has 0 aliphatic heterocycles. The summed E-state index contributed by atoms with van der Waals surface area (Å²) in [7, 11) is 7.83. The minimum absolute atomic E-state index is 0.346. The fraction of sp³-hybridized carbons (Fsp3) is 0.194. The van der Waals surface area contributed by atoms with Crippen LogP contribution >= 0.6 is 35.2 Å². The Morgan fingerprint density at radius 1 is 0.343 bits per heavy atom. The molecular formula is C62H62Cl2P2Ru. The van der Waals surface area contributed by atoms with Gasteiger partial charge in [0.05, 0.1) is 0 Å². The van der Waals surface area contributed by atoms with Crippen molar-refractivity contribution in [3.63, 3.8) is 0 Å². The van der Waals surface area contributed by atoms with Crippen LogP contribution in [0.1, 0.15) is 75.4 Å². The van der Waals surface area contributed by atoms with Crippen molar-refractivity contribution >= 4 is 88.6 Å². The summed E-state index contributed by atoms with van der Waals surface area (Å²) in [5.41, 5.74) is 16.0. The maximum absolute atomic E-state index is 4.85. The summed E-state index contributed by atoms with van der Waals surface area (Å²) in [6.07, 6.45) is 0. The molecule has 0 bridgehead atoms. The number of aryl methyl sites for hydroxylation is 9. The molecule has 0 atom stereocenters. The molecule has 9 rings (SSSR count). The Balaban J connectivity index is 0.000000447. The predicted octanol–water partition coefficient (Wildman–Crippen LogP) is 16.1. The van der Waals surface area contributed by atoms with Gasteiger partial charge in [-0.1, -0.05) is 234 Å². The zero-order valence-corrected chi connectivity index (χ0v) is 45.8. The third kappa shape index (κ3) is 12.2. The van der Waals surface area contributed by atoms with Gasteiger partial charge >= 0.3 is 34.5 Å². The molecule has 0 amide bonds. The first-order chi connectivity index (χ1) is 32.1. The van der Waals surface area contributed by atoms with E-state index in [1.54, 1.807) is 0 Å². The molecule has 0 saturated carbocycles. The van der Waals surface area contributed by atoms with Crippen molar-refractivity contribution in [2.75, 3.05) is 0 Å². The topological polar surface area (TPSA) is 0 Å². The number of rotatable bonds is 8. The zero-order valence-electron chi connectivity index (χ0n) is 40.7. The molecule has 0 saturated heterocycles. The van der Waals surface area contributed by atoms with Crippen LogP contribution in [0.5, 0.6) is 0 Å². The average Bonchev–Trinajstić information content (AvgIpc) is 3.26. The Bertz CT molecular complexity index is 2800. The molecule has 342 valence electrons. The van der Waals surface area contributed by atoms with E-state index in [1.807, 2.05) is 0 Å². The summed E-state index contributed by atoms with van der Waals surface area (Å²) in [6, 6.07) is 65.3. The Labute approximate surface area is 419 Å². The van der Waals surface area contributed by atoms with Crippen LogP contribution in [-0.2, 0) is 15.1 Å². The first-order valence-corrected chi connectivity index (χ1v) is 30.2. The van der Waals surface area contributed by atoms with Crippen LogP contribution in [0.25, 0.3) is 32.7 Å². The molecule has 0 N–H and O–H groups in total. The van der Waals surface area contributed by atoms with Gasteiger partial charge in [-0.05, 0) is 154 Å². The van der Waals surface area contributed by atoms with Gasteiger partial charge in [0.15, 0.2) is 0 Å². The second-order valence-electron chi connectivity index (χ2n) is 18.5. The number of hydrogen-bond acceptors (Lipinski definition) is 0. The summed E-state index contributed by atoms with van der Waals surface area (Å²) in [5, 5.41) is 13.6. The standard InChI is InChI=1S/C52H48P2.C10H14.2ClH.Ru/c1-33-21-34(2)26-43(25-33)53(44-27-35(3)22-36(4)28-44)49-19-17-41-13-9-11-15-47(41)51(49)52-48-16-12-10-14-42(48)18-20-50(52)54(45-29-37(5)23-38(6)30-45)46-31-39(7)24-40(8)32-46;1-8(2)10-6-4-9(3)5-7-10;;;/h9-32H,1-8H3;4-8H,1-3H3;2*1H;/q;;;;+2/p-2. The van der Waals surface area contributed by atoms with Crippen molar-refractivity contribution in [2.45, 2.75) is 82.1 Å². The molecule has 0 unspecified atom stereocenters. The van der Waals surface area contributed by atoms with Crippen LogP contribution < -0.4 is 31.8 Å². The minimum atomic E-state index is -0.937. The van der Waals surface area contributed by atoms with E-state index in [4.69, 9.17) is 19.4 Å². The van der Waals surface area contributed by atoms with E-state index in [9.17, 15) is 0 Å². The molecule has 5 heteroatoms. The van der Waals surface area contributed by atoms with Crippen molar-refractivity contribution in [1.29, 1.82) is 0 Å². The number of halogens is 2. The molecule has 0 aliphatic rings. The Kier molecular flexibility index (Phi) is 17.1. The van der Waals surface area contributed by atoms with Crippen LogP contribution in [0.15, 0.2) is 170 Å². The van der Waals surface area contributed by atoms with Crippen LogP contribution in [0.4, 0.5) is 0 Å². The fourth-order valence-electron chi connectivity index (χ4n) is 9.54. The molecule has 0 spiro atoms. The van der Waals surface area contributed by atoms with Gasteiger partial charge in [0.2, 0.25) is 0 Å². The molecule has 9 aromatic carbocycles. The Morgan fingerprint density at radius 2 is 0.627 bits per heavy atom. The van der Waals surface area contributed by atoms with Gasteiger partial charge in [0, 0.05) is 0 Å². The molecule has 0 heterocycles. The summed E-state index contributed by atoms with van der Waals surface area (Å²) < 4.78 is 0.